The fourth-order valence-corrected chi connectivity index (χ4v) is 3.94. The minimum atomic E-state index is -4.59. The smallest absolute Gasteiger partial charge is 0.416 e. The molecule has 11 heteroatoms. The third kappa shape index (κ3) is 4.58. The number of alkyl halides is 3. The molecule has 2 aromatic heterocycles. The van der Waals surface area contributed by atoms with E-state index in [-0.39, 0.29) is 16.5 Å². The van der Waals surface area contributed by atoms with Crippen LogP contribution < -0.4 is 10.7 Å². The van der Waals surface area contributed by atoms with E-state index in [9.17, 15) is 22.8 Å². The molecule has 0 radical (unpaired) electrons. The number of rotatable bonds is 4. The summed E-state index contributed by atoms with van der Waals surface area (Å²) in [5.74, 6) is -0.287. The lowest BCUT2D eigenvalue weighted by Crippen LogP contribution is -2.22. The lowest BCUT2D eigenvalue weighted by Gasteiger charge is -2.13. The summed E-state index contributed by atoms with van der Waals surface area (Å²) in [6, 6.07) is 4.19. The standard InChI is InChI=1S/C23H19ClF3N3O4/c1-11-19-16(29-30-21(31)14-8-9-33-12(14)2)4-3-5-18(19)34-20(11)22(32)28-17-10-13(23(25,26)27)6-7-15(17)24/h6-10H,3-5H2,1-2H3,(H,28,32)(H,30,31)/b29-16+. The maximum absolute atomic E-state index is 13.0. The highest BCUT2D eigenvalue weighted by Crippen LogP contribution is 2.35. The van der Waals surface area contributed by atoms with Crippen molar-refractivity contribution >= 4 is 34.8 Å². The Morgan fingerprint density at radius 3 is 2.56 bits per heavy atom. The van der Waals surface area contributed by atoms with E-state index >= 15 is 0 Å². The second-order valence-electron chi connectivity index (χ2n) is 7.74. The fraction of sp³-hybridized carbons (Fsp3) is 0.261. The Kier molecular flexibility index (Phi) is 6.26. The van der Waals surface area contributed by atoms with Gasteiger partial charge in [-0.05, 0) is 51.0 Å². The van der Waals surface area contributed by atoms with Crippen LogP contribution in [0, 0.1) is 13.8 Å². The van der Waals surface area contributed by atoms with E-state index in [0.29, 0.717) is 53.2 Å². The van der Waals surface area contributed by atoms with Crippen LogP contribution in [0.2, 0.25) is 5.02 Å². The first kappa shape index (κ1) is 23.6. The van der Waals surface area contributed by atoms with Gasteiger partial charge in [0, 0.05) is 17.5 Å². The van der Waals surface area contributed by atoms with Crippen LogP contribution >= 0.6 is 11.6 Å². The van der Waals surface area contributed by atoms with Crippen molar-refractivity contribution in [1.29, 1.82) is 0 Å². The van der Waals surface area contributed by atoms with Crippen LogP contribution in [-0.4, -0.2) is 17.5 Å². The average Bonchev–Trinajstić information content (AvgIpc) is 3.36. The van der Waals surface area contributed by atoms with Gasteiger partial charge in [-0.25, -0.2) is 5.43 Å². The van der Waals surface area contributed by atoms with Crippen LogP contribution in [0.5, 0.6) is 0 Å². The Bertz CT molecular complexity index is 1310. The molecule has 0 fully saturated rings. The summed E-state index contributed by atoms with van der Waals surface area (Å²) in [5.41, 5.74) is 3.30. The summed E-state index contributed by atoms with van der Waals surface area (Å²) >= 11 is 5.99. The molecule has 0 atom stereocenters. The zero-order chi connectivity index (χ0) is 24.6. The fourth-order valence-electron chi connectivity index (χ4n) is 3.77. The van der Waals surface area contributed by atoms with E-state index in [1.165, 1.54) is 12.3 Å². The van der Waals surface area contributed by atoms with Crippen molar-refractivity contribution < 1.29 is 31.6 Å². The maximum Gasteiger partial charge on any atom is 0.416 e. The molecule has 2 N–H and O–H groups in total. The average molecular weight is 494 g/mol. The number of amides is 2. The van der Waals surface area contributed by atoms with Crippen molar-refractivity contribution in [3.8, 4) is 0 Å². The first-order chi connectivity index (χ1) is 16.1. The zero-order valence-corrected chi connectivity index (χ0v) is 18.9. The van der Waals surface area contributed by atoms with Crippen molar-refractivity contribution in [2.45, 2.75) is 39.3 Å². The molecular formula is C23H19ClF3N3O4. The van der Waals surface area contributed by atoms with Gasteiger partial charge in [0.1, 0.15) is 11.5 Å². The molecule has 3 aromatic rings. The van der Waals surface area contributed by atoms with Gasteiger partial charge in [0.25, 0.3) is 11.8 Å². The SMILES string of the molecule is Cc1occc1C(=O)N/N=C1\CCCc2oc(C(=O)Nc3cc(C(F)(F)F)ccc3Cl)c(C)c21. The number of anilines is 1. The molecule has 0 spiro atoms. The normalized spacial score (nSPS) is 14.7. The molecule has 178 valence electrons. The molecule has 2 heterocycles. The van der Waals surface area contributed by atoms with E-state index in [0.717, 1.165) is 18.2 Å². The van der Waals surface area contributed by atoms with Gasteiger partial charge >= 0.3 is 6.18 Å². The highest BCUT2D eigenvalue weighted by molar-refractivity contribution is 6.34. The number of hydrazone groups is 1. The van der Waals surface area contributed by atoms with E-state index in [1.807, 2.05) is 0 Å². The lowest BCUT2D eigenvalue weighted by molar-refractivity contribution is -0.137. The summed E-state index contributed by atoms with van der Waals surface area (Å²) in [5, 5.41) is 6.58. The van der Waals surface area contributed by atoms with E-state index in [4.69, 9.17) is 20.4 Å². The van der Waals surface area contributed by atoms with E-state index in [2.05, 4.69) is 15.8 Å². The van der Waals surface area contributed by atoms with Crippen molar-refractivity contribution in [2.75, 3.05) is 5.32 Å². The number of nitrogens with one attached hydrogen (secondary N) is 2. The summed E-state index contributed by atoms with van der Waals surface area (Å²) in [4.78, 5) is 25.2. The number of carbonyl (C=O) groups excluding carboxylic acids is 2. The number of hydrogen-bond donors (Lipinski definition) is 2. The summed E-state index contributed by atoms with van der Waals surface area (Å²) in [7, 11) is 0. The number of carbonyl (C=O) groups is 2. The molecule has 1 aliphatic rings. The van der Waals surface area contributed by atoms with Crippen molar-refractivity contribution in [3.63, 3.8) is 0 Å². The van der Waals surface area contributed by atoms with Gasteiger partial charge in [-0.15, -0.1) is 0 Å². The third-order valence-electron chi connectivity index (χ3n) is 5.47. The van der Waals surface area contributed by atoms with Crippen LogP contribution in [0.1, 0.15) is 62.0 Å². The quantitative estimate of drug-likeness (QED) is 0.443. The van der Waals surface area contributed by atoms with Gasteiger partial charge in [0.15, 0.2) is 5.76 Å². The van der Waals surface area contributed by atoms with Gasteiger partial charge in [0.05, 0.1) is 33.8 Å². The largest absolute Gasteiger partial charge is 0.469 e. The molecule has 0 unspecified atom stereocenters. The maximum atomic E-state index is 13.0. The number of halogens is 4. The van der Waals surface area contributed by atoms with Crippen molar-refractivity contribution in [2.24, 2.45) is 5.10 Å². The Hall–Kier alpha value is -3.53. The van der Waals surface area contributed by atoms with Crippen LogP contribution in [0.3, 0.4) is 0 Å². The molecule has 1 aliphatic carbocycles. The summed E-state index contributed by atoms with van der Waals surface area (Å²) in [6.45, 7) is 3.30. The number of hydrogen-bond acceptors (Lipinski definition) is 5. The van der Waals surface area contributed by atoms with Crippen LogP contribution in [0.4, 0.5) is 18.9 Å². The van der Waals surface area contributed by atoms with Crippen molar-refractivity contribution in [1.82, 2.24) is 5.43 Å². The predicted molar refractivity (Wildman–Crippen MR) is 118 cm³/mol. The van der Waals surface area contributed by atoms with Crippen LogP contribution in [-0.2, 0) is 12.6 Å². The van der Waals surface area contributed by atoms with Gasteiger partial charge in [-0.1, -0.05) is 11.6 Å². The number of nitrogens with zero attached hydrogens (tertiary/aromatic N) is 1. The first-order valence-corrected chi connectivity index (χ1v) is 10.7. The molecule has 0 bridgehead atoms. The molecule has 7 nitrogen and oxygen atoms in total. The number of fused-ring (bicyclic) bond motifs is 1. The van der Waals surface area contributed by atoms with Crippen LogP contribution in [0.15, 0.2) is 44.5 Å². The lowest BCUT2D eigenvalue weighted by atomic mass is 9.93. The van der Waals surface area contributed by atoms with Crippen molar-refractivity contribution in [3.05, 3.63) is 75.1 Å². The van der Waals surface area contributed by atoms with Gasteiger partial charge in [0.2, 0.25) is 0 Å². The summed E-state index contributed by atoms with van der Waals surface area (Å²) in [6.07, 6.45) is -1.42. The number of furan rings is 2. The van der Waals surface area contributed by atoms with Gasteiger partial charge < -0.3 is 14.2 Å². The zero-order valence-electron chi connectivity index (χ0n) is 18.1. The number of aryl methyl sites for hydroxylation is 2. The topological polar surface area (TPSA) is 96.8 Å². The second-order valence-corrected chi connectivity index (χ2v) is 8.15. The monoisotopic (exact) mass is 493 g/mol. The molecule has 4 rings (SSSR count). The predicted octanol–water partition coefficient (Wildman–Crippen LogP) is 5.88. The van der Waals surface area contributed by atoms with Crippen LogP contribution in [0.25, 0.3) is 0 Å². The first-order valence-electron chi connectivity index (χ1n) is 10.3. The second kappa shape index (κ2) is 9.02. The highest BCUT2D eigenvalue weighted by atomic mass is 35.5. The molecule has 0 aliphatic heterocycles. The minimum Gasteiger partial charge on any atom is -0.469 e. The van der Waals surface area contributed by atoms with Gasteiger partial charge in [-0.2, -0.15) is 18.3 Å². The Balaban J connectivity index is 1.59. The molecular weight excluding hydrogens is 475 g/mol. The Labute approximate surface area is 197 Å². The van der Waals surface area contributed by atoms with E-state index in [1.54, 1.807) is 13.8 Å². The van der Waals surface area contributed by atoms with E-state index < -0.39 is 23.6 Å². The summed E-state index contributed by atoms with van der Waals surface area (Å²) < 4.78 is 50.0. The van der Waals surface area contributed by atoms with Gasteiger partial charge in [-0.3, -0.25) is 9.59 Å². The molecule has 0 saturated carbocycles. The highest BCUT2D eigenvalue weighted by Gasteiger charge is 2.32. The molecule has 2 amide bonds. The number of benzene rings is 1. The molecule has 0 saturated heterocycles. The molecule has 1 aromatic carbocycles. The Morgan fingerprint density at radius 1 is 1.12 bits per heavy atom. The molecule has 34 heavy (non-hydrogen) atoms. The Morgan fingerprint density at radius 2 is 1.88 bits per heavy atom. The minimum absolute atomic E-state index is 0.0465. The third-order valence-corrected chi connectivity index (χ3v) is 5.80.